The summed E-state index contributed by atoms with van der Waals surface area (Å²) >= 11 is 0. The largest absolute Gasteiger partial charge is 0.342 e. The Morgan fingerprint density at radius 2 is 2.08 bits per heavy atom. The number of carbonyl (C=O) groups excluding carboxylic acids is 1. The molecule has 5 nitrogen and oxygen atoms in total. The Morgan fingerprint density at radius 3 is 2.83 bits per heavy atom. The summed E-state index contributed by atoms with van der Waals surface area (Å²) in [5.41, 5.74) is 0. The van der Waals surface area contributed by atoms with Crippen LogP contribution in [0.2, 0.25) is 0 Å². The number of likely N-dealkylation sites (tertiary alicyclic amines) is 1. The molecule has 4 atom stereocenters. The summed E-state index contributed by atoms with van der Waals surface area (Å²) in [5, 5.41) is 4.28. The highest BCUT2D eigenvalue weighted by Gasteiger charge is 2.31. The summed E-state index contributed by atoms with van der Waals surface area (Å²) in [7, 11) is 0. The van der Waals surface area contributed by atoms with Gasteiger partial charge in [-0.1, -0.05) is 38.8 Å². The van der Waals surface area contributed by atoms with E-state index in [4.69, 9.17) is 9.51 Å². The molecule has 0 radical (unpaired) electrons. The Labute approximate surface area is 145 Å². The molecule has 4 unspecified atom stereocenters. The maximum atomic E-state index is 12.5. The zero-order valence-corrected chi connectivity index (χ0v) is 15.3. The summed E-state index contributed by atoms with van der Waals surface area (Å²) in [6.07, 6.45) is 7.87. The van der Waals surface area contributed by atoms with Gasteiger partial charge in [0.1, 0.15) is 0 Å². The molecule has 3 rings (SSSR count). The molecule has 1 saturated carbocycles. The topological polar surface area (TPSA) is 59.2 Å². The summed E-state index contributed by atoms with van der Waals surface area (Å²) in [5.74, 6) is 3.41. The molecule has 2 heterocycles. The third kappa shape index (κ3) is 3.81. The average molecular weight is 333 g/mol. The third-order valence-electron chi connectivity index (χ3n) is 5.88. The summed E-state index contributed by atoms with van der Waals surface area (Å²) in [6, 6.07) is 0. The molecule has 1 saturated heterocycles. The lowest BCUT2D eigenvalue weighted by atomic mass is 9.82. The standard InChI is InChI=1S/C19H31N3O2/c1-4-14(3)19(23)22-10-6-9-16(12-22)18-20-17(21-24-18)15-8-5-7-13(2)11-15/h13-16H,4-12H2,1-3H3. The van der Waals surface area contributed by atoms with Crippen LogP contribution in [0.1, 0.15) is 89.3 Å². The van der Waals surface area contributed by atoms with E-state index in [1.807, 2.05) is 11.8 Å². The molecule has 1 aliphatic heterocycles. The van der Waals surface area contributed by atoms with Crippen LogP contribution >= 0.6 is 0 Å². The molecule has 2 aliphatic rings. The van der Waals surface area contributed by atoms with E-state index >= 15 is 0 Å². The fraction of sp³-hybridized carbons (Fsp3) is 0.842. The highest BCUT2D eigenvalue weighted by molar-refractivity contribution is 5.78. The molecule has 1 aliphatic carbocycles. The normalized spacial score (nSPS) is 29.5. The minimum Gasteiger partial charge on any atom is -0.342 e. The predicted molar refractivity (Wildman–Crippen MR) is 92.7 cm³/mol. The van der Waals surface area contributed by atoms with Crippen LogP contribution in [-0.2, 0) is 4.79 Å². The Kier molecular flexibility index (Phi) is 5.57. The molecule has 0 bridgehead atoms. The van der Waals surface area contributed by atoms with Crippen LogP contribution in [-0.4, -0.2) is 34.0 Å². The zero-order chi connectivity index (χ0) is 17.1. The van der Waals surface area contributed by atoms with Gasteiger partial charge < -0.3 is 9.42 Å². The maximum absolute atomic E-state index is 12.5. The monoisotopic (exact) mass is 333 g/mol. The summed E-state index contributed by atoms with van der Waals surface area (Å²) < 4.78 is 5.61. The first kappa shape index (κ1) is 17.4. The molecule has 24 heavy (non-hydrogen) atoms. The van der Waals surface area contributed by atoms with Crippen molar-refractivity contribution in [3.8, 4) is 0 Å². The molecule has 1 amide bonds. The van der Waals surface area contributed by atoms with Crippen LogP contribution in [0.4, 0.5) is 0 Å². The van der Waals surface area contributed by atoms with Crippen molar-refractivity contribution in [2.75, 3.05) is 13.1 Å². The van der Waals surface area contributed by atoms with Crippen LogP contribution in [0.5, 0.6) is 0 Å². The van der Waals surface area contributed by atoms with Crippen LogP contribution in [0.3, 0.4) is 0 Å². The van der Waals surface area contributed by atoms with Crippen molar-refractivity contribution in [3.05, 3.63) is 11.7 Å². The van der Waals surface area contributed by atoms with Crippen molar-refractivity contribution in [2.24, 2.45) is 11.8 Å². The lowest BCUT2D eigenvalue weighted by Crippen LogP contribution is -2.41. The first-order valence-electron chi connectivity index (χ1n) is 9.70. The van der Waals surface area contributed by atoms with E-state index in [2.05, 4.69) is 19.0 Å². The van der Waals surface area contributed by atoms with Gasteiger partial charge >= 0.3 is 0 Å². The average Bonchev–Trinajstić information content (AvgIpc) is 3.11. The third-order valence-corrected chi connectivity index (χ3v) is 5.88. The van der Waals surface area contributed by atoms with Gasteiger partial charge in [-0.2, -0.15) is 4.98 Å². The van der Waals surface area contributed by atoms with Gasteiger partial charge in [0.25, 0.3) is 0 Å². The lowest BCUT2D eigenvalue weighted by Gasteiger charge is -2.32. The fourth-order valence-electron chi connectivity index (χ4n) is 4.11. The van der Waals surface area contributed by atoms with Crippen LogP contribution < -0.4 is 0 Å². The van der Waals surface area contributed by atoms with Crippen molar-refractivity contribution >= 4 is 5.91 Å². The Hall–Kier alpha value is -1.39. The minimum absolute atomic E-state index is 0.103. The van der Waals surface area contributed by atoms with Gasteiger partial charge in [-0.15, -0.1) is 0 Å². The minimum atomic E-state index is 0.103. The number of aromatic nitrogens is 2. The highest BCUT2D eigenvalue weighted by Crippen LogP contribution is 2.35. The lowest BCUT2D eigenvalue weighted by molar-refractivity contribution is -0.136. The quantitative estimate of drug-likeness (QED) is 0.832. The van der Waals surface area contributed by atoms with Gasteiger partial charge in [-0.25, -0.2) is 0 Å². The van der Waals surface area contributed by atoms with E-state index in [-0.39, 0.29) is 17.7 Å². The second-order valence-electron chi connectivity index (χ2n) is 7.89. The molecule has 134 valence electrons. The number of hydrogen-bond acceptors (Lipinski definition) is 4. The molecule has 5 heteroatoms. The van der Waals surface area contributed by atoms with E-state index in [0.29, 0.717) is 5.92 Å². The van der Waals surface area contributed by atoms with Crippen molar-refractivity contribution in [2.45, 2.75) is 77.6 Å². The first-order chi connectivity index (χ1) is 11.6. The van der Waals surface area contributed by atoms with Crippen molar-refractivity contribution < 1.29 is 9.32 Å². The van der Waals surface area contributed by atoms with Gasteiger partial charge in [0.15, 0.2) is 5.82 Å². The van der Waals surface area contributed by atoms with Gasteiger partial charge in [0.05, 0.1) is 5.92 Å². The van der Waals surface area contributed by atoms with E-state index in [1.54, 1.807) is 0 Å². The fourth-order valence-corrected chi connectivity index (χ4v) is 4.11. The zero-order valence-electron chi connectivity index (χ0n) is 15.3. The van der Waals surface area contributed by atoms with E-state index < -0.39 is 0 Å². The number of amides is 1. The van der Waals surface area contributed by atoms with Gasteiger partial charge in [-0.05, 0) is 38.0 Å². The Bertz CT molecular complexity index is 557. The molecule has 1 aromatic heterocycles. The number of nitrogens with zero attached hydrogens (tertiary/aromatic N) is 3. The highest BCUT2D eigenvalue weighted by atomic mass is 16.5. The first-order valence-corrected chi connectivity index (χ1v) is 9.70. The second kappa shape index (κ2) is 7.66. The van der Waals surface area contributed by atoms with E-state index in [0.717, 1.165) is 50.0 Å². The molecule has 1 aromatic rings. The number of hydrogen-bond donors (Lipinski definition) is 0. The summed E-state index contributed by atoms with van der Waals surface area (Å²) in [4.78, 5) is 19.2. The van der Waals surface area contributed by atoms with Crippen LogP contribution in [0.15, 0.2) is 4.52 Å². The predicted octanol–water partition coefficient (Wildman–Crippen LogP) is 4.12. The van der Waals surface area contributed by atoms with Crippen molar-refractivity contribution in [1.82, 2.24) is 15.0 Å². The van der Waals surface area contributed by atoms with Crippen LogP contribution in [0.25, 0.3) is 0 Å². The molecule has 0 aromatic carbocycles. The van der Waals surface area contributed by atoms with Gasteiger partial charge in [0.2, 0.25) is 11.8 Å². The van der Waals surface area contributed by atoms with Crippen molar-refractivity contribution in [1.29, 1.82) is 0 Å². The molecule has 2 fully saturated rings. The molecular weight excluding hydrogens is 302 g/mol. The number of carbonyl (C=O) groups is 1. The Balaban J connectivity index is 1.65. The van der Waals surface area contributed by atoms with E-state index in [9.17, 15) is 4.79 Å². The maximum Gasteiger partial charge on any atom is 0.231 e. The van der Waals surface area contributed by atoms with Crippen molar-refractivity contribution in [3.63, 3.8) is 0 Å². The number of rotatable bonds is 4. The van der Waals surface area contributed by atoms with Crippen LogP contribution in [0, 0.1) is 11.8 Å². The molecule has 0 spiro atoms. The molecular formula is C19H31N3O2. The van der Waals surface area contributed by atoms with E-state index in [1.165, 1.54) is 25.7 Å². The Morgan fingerprint density at radius 1 is 1.29 bits per heavy atom. The second-order valence-corrected chi connectivity index (χ2v) is 7.89. The van der Waals surface area contributed by atoms with Gasteiger partial charge in [0, 0.05) is 24.9 Å². The van der Waals surface area contributed by atoms with Gasteiger partial charge in [-0.3, -0.25) is 4.79 Å². The number of piperidine rings is 1. The summed E-state index contributed by atoms with van der Waals surface area (Å²) in [6.45, 7) is 7.99. The SMILES string of the molecule is CCC(C)C(=O)N1CCCC(c2nc(C3CCCC(C)C3)no2)C1. The molecule has 0 N–H and O–H groups in total. The smallest absolute Gasteiger partial charge is 0.231 e.